The van der Waals surface area contributed by atoms with Gasteiger partial charge in [0.25, 0.3) is 6.54 Å². The van der Waals surface area contributed by atoms with Gasteiger partial charge < -0.3 is 4.90 Å². The SMILES string of the molecule is CN=C(C[N+](=O)[O-])N(C)Cc1cccnc1Cl. The maximum absolute atomic E-state index is 10.5. The quantitative estimate of drug-likeness (QED) is 0.269. The smallest absolute Gasteiger partial charge is 0.260 e. The monoisotopic (exact) mass is 256 g/mol. The fourth-order valence-corrected chi connectivity index (χ4v) is 1.54. The Kier molecular flexibility index (Phi) is 4.84. The molecule has 0 amide bonds. The molecule has 0 saturated heterocycles. The highest BCUT2D eigenvalue weighted by Crippen LogP contribution is 2.13. The highest BCUT2D eigenvalue weighted by atomic mass is 35.5. The number of aliphatic imine (C=N–C) groups is 1. The van der Waals surface area contributed by atoms with E-state index in [-0.39, 0.29) is 6.54 Å². The summed E-state index contributed by atoms with van der Waals surface area (Å²) in [5, 5.41) is 10.9. The van der Waals surface area contributed by atoms with Crippen molar-refractivity contribution in [2.45, 2.75) is 6.54 Å². The van der Waals surface area contributed by atoms with Crippen molar-refractivity contribution in [3.05, 3.63) is 39.2 Å². The average Bonchev–Trinajstić information content (AvgIpc) is 2.28. The Balaban J connectivity index is 2.74. The van der Waals surface area contributed by atoms with Gasteiger partial charge in [0.2, 0.25) is 0 Å². The van der Waals surface area contributed by atoms with Crippen LogP contribution in [0.3, 0.4) is 0 Å². The molecule has 0 radical (unpaired) electrons. The van der Waals surface area contributed by atoms with Crippen LogP contribution in [0.5, 0.6) is 0 Å². The Morgan fingerprint density at radius 3 is 2.94 bits per heavy atom. The summed E-state index contributed by atoms with van der Waals surface area (Å²) in [4.78, 5) is 19.6. The van der Waals surface area contributed by atoms with Crippen molar-refractivity contribution >= 4 is 17.4 Å². The molecule has 0 aliphatic rings. The number of hydrogen-bond donors (Lipinski definition) is 0. The second-order valence-electron chi connectivity index (χ2n) is 3.44. The molecule has 92 valence electrons. The van der Waals surface area contributed by atoms with Gasteiger partial charge in [-0.05, 0) is 6.07 Å². The zero-order valence-corrected chi connectivity index (χ0v) is 10.4. The summed E-state index contributed by atoms with van der Waals surface area (Å²) in [6, 6.07) is 3.59. The fraction of sp³-hybridized carbons (Fsp3) is 0.400. The minimum absolute atomic E-state index is 0.301. The second-order valence-corrected chi connectivity index (χ2v) is 3.80. The topological polar surface area (TPSA) is 71.6 Å². The molecular formula is C10H13ClN4O2. The first kappa shape index (κ1) is 13.4. The molecule has 1 aromatic heterocycles. The van der Waals surface area contributed by atoms with E-state index in [1.807, 2.05) is 6.07 Å². The van der Waals surface area contributed by atoms with Gasteiger partial charge in [0.05, 0.1) is 0 Å². The van der Waals surface area contributed by atoms with Gasteiger partial charge in [-0.3, -0.25) is 15.1 Å². The Hall–Kier alpha value is -1.69. The lowest BCUT2D eigenvalue weighted by molar-refractivity contribution is -0.464. The highest BCUT2D eigenvalue weighted by molar-refractivity contribution is 6.30. The average molecular weight is 257 g/mol. The molecule has 7 heteroatoms. The number of halogens is 1. The number of amidine groups is 1. The third-order valence-electron chi connectivity index (χ3n) is 2.21. The molecule has 1 aromatic rings. The molecule has 1 heterocycles. The van der Waals surface area contributed by atoms with Crippen LogP contribution in [0.15, 0.2) is 23.3 Å². The van der Waals surface area contributed by atoms with Gasteiger partial charge in [-0.2, -0.15) is 0 Å². The van der Waals surface area contributed by atoms with E-state index < -0.39 is 4.92 Å². The Morgan fingerprint density at radius 1 is 1.71 bits per heavy atom. The first-order valence-electron chi connectivity index (χ1n) is 4.92. The number of aromatic nitrogens is 1. The number of hydrogen-bond acceptors (Lipinski definition) is 4. The summed E-state index contributed by atoms with van der Waals surface area (Å²) < 4.78 is 0. The van der Waals surface area contributed by atoms with Gasteiger partial charge in [-0.15, -0.1) is 0 Å². The van der Waals surface area contributed by atoms with Gasteiger partial charge in [0.1, 0.15) is 5.15 Å². The van der Waals surface area contributed by atoms with Gasteiger partial charge in [0, 0.05) is 37.3 Å². The molecular weight excluding hydrogens is 244 g/mol. The van der Waals surface area contributed by atoms with E-state index in [2.05, 4.69) is 9.98 Å². The molecule has 0 spiro atoms. The lowest BCUT2D eigenvalue weighted by Crippen LogP contribution is -2.32. The van der Waals surface area contributed by atoms with Crippen LogP contribution in [-0.2, 0) is 6.54 Å². The van der Waals surface area contributed by atoms with E-state index in [0.717, 1.165) is 5.56 Å². The Labute approximate surface area is 104 Å². The Morgan fingerprint density at radius 2 is 2.41 bits per heavy atom. The third kappa shape index (κ3) is 3.99. The molecule has 0 aliphatic heterocycles. The molecule has 0 aliphatic carbocycles. The van der Waals surface area contributed by atoms with Crippen molar-refractivity contribution in [2.75, 3.05) is 20.6 Å². The summed E-state index contributed by atoms with van der Waals surface area (Å²) in [7, 11) is 3.26. The number of nitro groups is 1. The first-order valence-corrected chi connectivity index (χ1v) is 5.30. The molecule has 0 N–H and O–H groups in total. The lowest BCUT2D eigenvalue weighted by Gasteiger charge is -2.18. The Bertz CT molecular complexity index is 436. The number of likely N-dealkylation sites (N-methyl/N-ethyl adjacent to an activating group) is 1. The molecule has 0 unspecified atom stereocenters. The molecule has 0 saturated carbocycles. The summed E-state index contributed by atoms with van der Waals surface area (Å²) in [6.07, 6.45) is 1.59. The van der Waals surface area contributed by atoms with Gasteiger partial charge in [-0.1, -0.05) is 17.7 Å². The number of pyridine rings is 1. The maximum Gasteiger partial charge on any atom is 0.260 e. The zero-order chi connectivity index (χ0) is 12.8. The summed E-state index contributed by atoms with van der Waals surface area (Å²) >= 11 is 5.91. The predicted molar refractivity (Wildman–Crippen MR) is 65.9 cm³/mol. The van der Waals surface area contributed by atoms with Crippen molar-refractivity contribution < 1.29 is 4.92 Å². The molecule has 0 aromatic carbocycles. The van der Waals surface area contributed by atoms with Crippen LogP contribution in [0.4, 0.5) is 0 Å². The minimum atomic E-state index is -0.413. The molecule has 17 heavy (non-hydrogen) atoms. The number of rotatable bonds is 4. The van der Waals surface area contributed by atoms with Crippen molar-refractivity contribution in [3.63, 3.8) is 0 Å². The van der Waals surface area contributed by atoms with Crippen LogP contribution in [-0.4, -0.2) is 41.3 Å². The van der Waals surface area contributed by atoms with E-state index in [9.17, 15) is 10.1 Å². The highest BCUT2D eigenvalue weighted by Gasteiger charge is 2.13. The number of nitrogens with zero attached hydrogens (tertiary/aromatic N) is 4. The molecule has 0 fully saturated rings. The fourth-order valence-electron chi connectivity index (χ4n) is 1.36. The van der Waals surface area contributed by atoms with E-state index >= 15 is 0 Å². The van der Waals surface area contributed by atoms with Crippen molar-refractivity contribution in [3.8, 4) is 0 Å². The van der Waals surface area contributed by atoms with Crippen LogP contribution in [0, 0.1) is 10.1 Å². The van der Waals surface area contributed by atoms with Gasteiger partial charge in [0.15, 0.2) is 5.84 Å². The largest absolute Gasteiger partial charge is 0.354 e. The van der Waals surface area contributed by atoms with Crippen molar-refractivity contribution in [1.82, 2.24) is 9.88 Å². The van der Waals surface area contributed by atoms with Crippen molar-refractivity contribution in [1.29, 1.82) is 0 Å². The standard InChI is InChI=1S/C10H13ClN4O2/c1-12-9(7-15(16)17)14(2)6-8-4-3-5-13-10(8)11/h3-5H,6-7H2,1-2H3. The molecule has 6 nitrogen and oxygen atoms in total. The van der Waals surface area contributed by atoms with Crippen LogP contribution in [0.1, 0.15) is 5.56 Å². The normalized spacial score (nSPS) is 11.4. The van der Waals surface area contributed by atoms with E-state index in [0.29, 0.717) is 17.5 Å². The van der Waals surface area contributed by atoms with Gasteiger partial charge >= 0.3 is 0 Å². The molecule has 1 rings (SSSR count). The minimum Gasteiger partial charge on any atom is -0.354 e. The van der Waals surface area contributed by atoms with E-state index in [1.165, 1.54) is 7.05 Å². The lowest BCUT2D eigenvalue weighted by atomic mass is 10.2. The summed E-state index contributed by atoms with van der Waals surface area (Å²) in [5.74, 6) is 0.398. The summed E-state index contributed by atoms with van der Waals surface area (Å²) in [5.41, 5.74) is 0.807. The maximum atomic E-state index is 10.5. The predicted octanol–water partition coefficient (Wildman–Crippen LogP) is 1.47. The molecule has 0 bridgehead atoms. The molecule has 0 atom stereocenters. The van der Waals surface area contributed by atoms with Crippen molar-refractivity contribution in [2.24, 2.45) is 4.99 Å². The van der Waals surface area contributed by atoms with Crippen LogP contribution >= 0.6 is 11.6 Å². The summed E-state index contributed by atoms with van der Waals surface area (Å²) in [6.45, 7) is 0.137. The van der Waals surface area contributed by atoms with Crippen LogP contribution in [0.2, 0.25) is 5.15 Å². The van der Waals surface area contributed by atoms with E-state index in [1.54, 1.807) is 24.2 Å². The first-order chi connectivity index (χ1) is 8.04. The van der Waals surface area contributed by atoms with Crippen LogP contribution in [0.25, 0.3) is 0 Å². The van der Waals surface area contributed by atoms with E-state index in [4.69, 9.17) is 11.6 Å². The third-order valence-corrected chi connectivity index (χ3v) is 2.55. The second kappa shape index (κ2) is 6.15. The zero-order valence-electron chi connectivity index (χ0n) is 9.63. The van der Waals surface area contributed by atoms with Crippen LogP contribution < -0.4 is 0 Å². The van der Waals surface area contributed by atoms with Gasteiger partial charge in [-0.25, -0.2) is 4.98 Å².